The Morgan fingerprint density at radius 1 is 0.840 bits per heavy atom. The molecule has 0 atom stereocenters. The summed E-state index contributed by atoms with van der Waals surface area (Å²) in [7, 11) is 0. The van der Waals surface area contributed by atoms with Crippen LogP contribution in [-0.4, -0.2) is 44.1 Å². The number of pyridine rings is 2. The number of esters is 2. The van der Waals surface area contributed by atoms with Crippen LogP contribution in [0.2, 0.25) is 0 Å². The summed E-state index contributed by atoms with van der Waals surface area (Å²) >= 11 is 0. The molecule has 2 aromatic rings. The fourth-order valence-electron chi connectivity index (χ4n) is 1.66. The van der Waals surface area contributed by atoms with Crippen molar-refractivity contribution < 1.29 is 118 Å². The first kappa shape index (κ1) is 24.0. The third kappa shape index (κ3) is 6.04. The molecule has 11 heteroatoms. The molecule has 0 spiro atoms. The van der Waals surface area contributed by atoms with Crippen molar-refractivity contribution in [1.29, 1.82) is 0 Å². The summed E-state index contributed by atoms with van der Waals surface area (Å²) in [6, 6.07) is 4.81. The predicted octanol–water partition coefficient (Wildman–Crippen LogP) is -4.90. The molecule has 2 rings (SSSR count). The van der Waals surface area contributed by atoms with Crippen molar-refractivity contribution in [2.24, 2.45) is 0 Å². The third-order valence-corrected chi connectivity index (χ3v) is 2.65. The van der Waals surface area contributed by atoms with Crippen LogP contribution < -0.4 is 80.9 Å². The number of carbonyl (C=O) groups is 4. The van der Waals surface area contributed by atoms with Gasteiger partial charge in [-0.25, -0.2) is 29.1 Å². The molecule has 2 heterocycles. The monoisotopic (exact) mass is 380 g/mol. The Kier molecular flexibility index (Phi) is 10.5. The number of carboxylic acid groups (broad SMARTS) is 2. The van der Waals surface area contributed by atoms with Gasteiger partial charge in [0.05, 0.1) is 11.1 Å². The predicted molar refractivity (Wildman–Crippen MR) is 74.4 cm³/mol. The SMILES string of the molecule is O=C(O)c1cccnc1C(=O)OC(=O)c1ncccc1C(=O)O.[H-].[H-].[K+].[Na+]. The van der Waals surface area contributed by atoms with Crippen molar-refractivity contribution in [1.82, 2.24) is 9.97 Å². The van der Waals surface area contributed by atoms with Gasteiger partial charge in [0.25, 0.3) is 0 Å². The molecule has 0 fully saturated rings. The van der Waals surface area contributed by atoms with Crippen LogP contribution in [0.5, 0.6) is 0 Å². The second-order valence-corrected chi connectivity index (χ2v) is 4.09. The summed E-state index contributed by atoms with van der Waals surface area (Å²) in [4.78, 5) is 52.9. The Balaban J connectivity index is -0.00000144. The van der Waals surface area contributed by atoms with E-state index in [0.29, 0.717) is 0 Å². The molecule has 0 bridgehead atoms. The second-order valence-electron chi connectivity index (χ2n) is 4.09. The second kappa shape index (κ2) is 10.9. The first-order valence-electron chi connectivity index (χ1n) is 6.05. The van der Waals surface area contributed by atoms with Crippen LogP contribution in [0.1, 0.15) is 44.5 Å². The van der Waals surface area contributed by atoms with Crippen LogP contribution in [0, 0.1) is 0 Å². The van der Waals surface area contributed by atoms with Crippen molar-refractivity contribution in [3.8, 4) is 0 Å². The first-order valence-corrected chi connectivity index (χ1v) is 6.05. The van der Waals surface area contributed by atoms with Crippen molar-refractivity contribution >= 4 is 23.9 Å². The molecule has 0 aliphatic rings. The Morgan fingerprint density at radius 2 is 1.20 bits per heavy atom. The minimum Gasteiger partial charge on any atom is -1.00 e. The summed E-state index contributed by atoms with van der Waals surface area (Å²) < 4.78 is 4.47. The molecule has 0 unspecified atom stereocenters. The molecule has 0 amide bonds. The van der Waals surface area contributed by atoms with Gasteiger partial charge in [-0.3, -0.25) is 0 Å². The maximum absolute atomic E-state index is 11.9. The van der Waals surface area contributed by atoms with E-state index in [4.69, 9.17) is 10.2 Å². The fraction of sp³-hybridized carbons (Fsp3) is 0. The molecular weight excluding hydrogens is 370 g/mol. The molecule has 0 radical (unpaired) electrons. The van der Waals surface area contributed by atoms with Crippen molar-refractivity contribution in [3.63, 3.8) is 0 Å². The average Bonchev–Trinajstić information content (AvgIpc) is 2.54. The minimum atomic E-state index is -1.43. The summed E-state index contributed by atoms with van der Waals surface area (Å²) in [5.41, 5.74) is -2.07. The Labute approximate surface area is 208 Å². The zero-order valence-electron chi connectivity index (χ0n) is 15.3. The topological polar surface area (TPSA) is 144 Å². The molecule has 25 heavy (non-hydrogen) atoms. The van der Waals surface area contributed by atoms with Gasteiger partial charge in [0, 0.05) is 12.4 Å². The van der Waals surface area contributed by atoms with Gasteiger partial charge in [0.2, 0.25) is 0 Å². The van der Waals surface area contributed by atoms with Gasteiger partial charge < -0.3 is 17.8 Å². The van der Waals surface area contributed by atoms with Crippen LogP contribution in [0.3, 0.4) is 0 Å². The molecule has 0 aromatic carbocycles. The smallest absolute Gasteiger partial charge is 1.00 e. The molecular formula is C14H10KN2NaO7. The van der Waals surface area contributed by atoms with Crippen molar-refractivity contribution in [2.45, 2.75) is 0 Å². The van der Waals surface area contributed by atoms with E-state index < -0.39 is 46.4 Å². The quantitative estimate of drug-likeness (QED) is 0.303. The number of hydrogen-bond acceptors (Lipinski definition) is 7. The Bertz CT molecular complexity index is 771. The maximum atomic E-state index is 11.9. The number of aromatic carboxylic acids is 2. The number of carboxylic acids is 2. The van der Waals surface area contributed by atoms with Gasteiger partial charge in [0.15, 0.2) is 11.4 Å². The van der Waals surface area contributed by atoms with Gasteiger partial charge in [-0.1, -0.05) is 0 Å². The van der Waals surface area contributed by atoms with E-state index >= 15 is 0 Å². The third-order valence-electron chi connectivity index (χ3n) is 2.65. The van der Waals surface area contributed by atoms with E-state index in [2.05, 4.69) is 14.7 Å². The fourth-order valence-corrected chi connectivity index (χ4v) is 1.66. The standard InChI is InChI=1S/C14H8N2O7.K.Na.2H/c17-11(18)7-3-1-5-15-9(7)13(21)23-14(22)10-8(12(19)20)4-2-6-16-10;;;;/h1-6H,(H,17,18)(H,19,20);;;;/q;2*+1;2*-1. The molecule has 0 aliphatic carbocycles. The largest absolute Gasteiger partial charge is 1.00 e. The van der Waals surface area contributed by atoms with Crippen LogP contribution in [-0.2, 0) is 4.74 Å². The van der Waals surface area contributed by atoms with Gasteiger partial charge in [-0.15, -0.1) is 0 Å². The van der Waals surface area contributed by atoms with Gasteiger partial charge in [0.1, 0.15) is 0 Å². The first-order chi connectivity index (χ1) is 10.9. The zero-order valence-corrected chi connectivity index (χ0v) is 18.4. The van der Waals surface area contributed by atoms with E-state index in [1.165, 1.54) is 12.1 Å². The maximum Gasteiger partial charge on any atom is 1.00 e. The summed E-state index contributed by atoms with van der Waals surface area (Å²) in [5, 5.41) is 17.9. The number of carbonyl (C=O) groups excluding carboxylic acids is 2. The van der Waals surface area contributed by atoms with E-state index in [-0.39, 0.29) is 83.8 Å². The molecule has 120 valence electrons. The van der Waals surface area contributed by atoms with Gasteiger partial charge in [-0.05, 0) is 24.3 Å². The van der Waals surface area contributed by atoms with Crippen LogP contribution >= 0.6 is 0 Å². The molecule has 0 aliphatic heterocycles. The number of aromatic nitrogens is 2. The van der Waals surface area contributed by atoms with E-state index in [1.807, 2.05) is 0 Å². The average molecular weight is 380 g/mol. The molecule has 2 aromatic heterocycles. The Morgan fingerprint density at radius 3 is 1.52 bits per heavy atom. The zero-order chi connectivity index (χ0) is 17.0. The number of hydrogen-bond donors (Lipinski definition) is 2. The number of rotatable bonds is 4. The molecule has 2 N–H and O–H groups in total. The molecule has 0 saturated heterocycles. The number of ether oxygens (including phenoxy) is 1. The van der Waals surface area contributed by atoms with Crippen molar-refractivity contribution in [3.05, 3.63) is 59.2 Å². The van der Waals surface area contributed by atoms with Gasteiger partial charge >= 0.3 is 105 Å². The summed E-state index contributed by atoms with van der Waals surface area (Å²) in [6.07, 6.45) is 2.30. The van der Waals surface area contributed by atoms with Crippen LogP contribution in [0.4, 0.5) is 0 Å². The Hall–Kier alpha value is -0.984. The van der Waals surface area contributed by atoms with E-state index in [9.17, 15) is 19.2 Å². The van der Waals surface area contributed by atoms with E-state index in [0.717, 1.165) is 24.5 Å². The molecule has 9 nitrogen and oxygen atoms in total. The summed E-state index contributed by atoms with van der Waals surface area (Å²) in [5.74, 6) is -5.51. The van der Waals surface area contributed by atoms with Crippen LogP contribution in [0.25, 0.3) is 0 Å². The van der Waals surface area contributed by atoms with E-state index in [1.54, 1.807) is 0 Å². The van der Waals surface area contributed by atoms with Crippen molar-refractivity contribution in [2.75, 3.05) is 0 Å². The minimum absolute atomic E-state index is 0. The van der Waals surface area contributed by atoms with Gasteiger partial charge in [-0.2, -0.15) is 0 Å². The number of nitrogens with zero attached hydrogens (tertiary/aromatic N) is 2. The van der Waals surface area contributed by atoms with Crippen LogP contribution in [0.15, 0.2) is 36.7 Å². The summed E-state index contributed by atoms with van der Waals surface area (Å²) in [6.45, 7) is 0. The normalized spacial score (nSPS) is 9.12. The molecule has 0 saturated carbocycles.